The first-order chi connectivity index (χ1) is 11.0. The van der Waals surface area contributed by atoms with Gasteiger partial charge in [0.1, 0.15) is 6.10 Å². The molecule has 0 unspecified atom stereocenters. The Hall–Kier alpha value is -1.53. The second-order valence-corrected chi connectivity index (χ2v) is 6.44. The number of hydrogen-bond acceptors (Lipinski definition) is 3. The van der Waals surface area contributed by atoms with E-state index in [9.17, 15) is 13.6 Å². The maximum absolute atomic E-state index is 13.4. The smallest absolute Gasteiger partial charge is 0.225 e. The molecular weight excluding hydrogens is 302 g/mol. The molecule has 1 saturated heterocycles. The lowest BCUT2D eigenvalue weighted by Gasteiger charge is -2.37. The fourth-order valence-corrected chi connectivity index (χ4v) is 3.47. The van der Waals surface area contributed by atoms with Gasteiger partial charge in [0.05, 0.1) is 13.2 Å². The highest BCUT2D eigenvalue weighted by atomic mass is 19.2. The van der Waals surface area contributed by atoms with E-state index in [0.29, 0.717) is 25.3 Å². The maximum Gasteiger partial charge on any atom is 0.225 e. The number of hydrogen-bond donors (Lipinski definition) is 1. The average Bonchev–Trinajstić information content (AvgIpc) is 2.57. The molecular formula is C17H22F2N2O2. The van der Waals surface area contributed by atoms with Crippen LogP contribution >= 0.6 is 0 Å². The van der Waals surface area contributed by atoms with Gasteiger partial charge in [0.2, 0.25) is 5.91 Å². The number of carbonyl (C=O) groups is 1. The molecule has 126 valence electrons. The normalized spacial score (nSPS) is 28.7. The van der Waals surface area contributed by atoms with Crippen LogP contribution in [0.5, 0.6) is 0 Å². The zero-order valence-corrected chi connectivity index (χ0v) is 13.0. The highest BCUT2D eigenvalue weighted by Crippen LogP contribution is 2.28. The zero-order chi connectivity index (χ0) is 16.4. The summed E-state index contributed by atoms with van der Waals surface area (Å²) >= 11 is 0. The van der Waals surface area contributed by atoms with E-state index < -0.39 is 17.7 Å². The van der Waals surface area contributed by atoms with E-state index in [4.69, 9.17) is 10.5 Å². The Bertz CT molecular complexity index is 582. The zero-order valence-electron chi connectivity index (χ0n) is 13.0. The van der Waals surface area contributed by atoms with Crippen LogP contribution in [0.3, 0.4) is 0 Å². The predicted octanol–water partition coefficient (Wildman–Crippen LogP) is 2.38. The molecule has 1 aromatic rings. The van der Waals surface area contributed by atoms with Gasteiger partial charge in [-0.25, -0.2) is 8.78 Å². The van der Waals surface area contributed by atoms with Crippen molar-refractivity contribution in [3.8, 4) is 0 Å². The van der Waals surface area contributed by atoms with E-state index >= 15 is 0 Å². The molecule has 0 radical (unpaired) electrons. The molecule has 2 fully saturated rings. The molecule has 3 atom stereocenters. The van der Waals surface area contributed by atoms with Gasteiger partial charge >= 0.3 is 0 Å². The molecule has 1 aliphatic heterocycles. The molecule has 23 heavy (non-hydrogen) atoms. The van der Waals surface area contributed by atoms with Crippen LogP contribution in [0, 0.1) is 17.6 Å². The van der Waals surface area contributed by atoms with Crippen LogP contribution < -0.4 is 5.73 Å². The summed E-state index contributed by atoms with van der Waals surface area (Å²) in [6.07, 6.45) is 3.14. The first kappa shape index (κ1) is 16.3. The third-order valence-corrected chi connectivity index (χ3v) is 4.76. The van der Waals surface area contributed by atoms with Crippen LogP contribution in [-0.2, 0) is 9.53 Å². The number of rotatable bonds is 2. The first-order valence-corrected chi connectivity index (χ1v) is 8.15. The van der Waals surface area contributed by atoms with Crippen molar-refractivity contribution in [2.45, 2.75) is 37.8 Å². The minimum Gasteiger partial charge on any atom is -0.370 e. The Morgan fingerprint density at radius 3 is 2.83 bits per heavy atom. The summed E-state index contributed by atoms with van der Waals surface area (Å²) in [6, 6.07) is 3.84. The molecule has 6 heteroatoms. The predicted molar refractivity (Wildman–Crippen MR) is 81.6 cm³/mol. The monoisotopic (exact) mass is 324 g/mol. The third-order valence-electron chi connectivity index (χ3n) is 4.76. The van der Waals surface area contributed by atoms with Gasteiger partial charge in [0, 0.05) is 18.5 Å². The Balaban J connectivity index is 1.67. The fourth-order valence-electron chi connectivity index (χ4n) is 3.47. The Morgan fingerprint density at radius 1 is 1.26 bits per heavy atom. The van der Waals surface area contributed by atoms with Crippen molar-refractivity contribution in [2.75, 3.05) is 19.7 Å². The fraction of sp³-hybridized carbons (Fsp3) is 0.588. The van der Waals surface area contributed by atoms with Gasteiger partial charge in [-0.2, -0.15) is 0 Å². The van der Waals surface area contributed by atoms with Crippen LogP contribution in [0.1, 0.15) is 37.4 Å². The third kappa shape index (κ3) is 3.70. The van der Waals surface area contributed by atoms with Gasteiger partial charge in [-0.3, -0.25) is 4.79 Å². The minimum absolute atomic E-state index is 0.0255. The second-order valence-electron chi connectivity index (χ2n) is 6.44. The number of amides is 1. The van der Waals surface area contributed by atoms with E-state index in [1.54, 1.807) is 4.90 Å². The van der Waals surface area contributed by atoms with E-state index in [1.807, 2.05) is 0 Å². The first-order valence-electron chi connectivity index (χ1n) is 8.15. The molecule has 1 aliphatic carbocycles. The van der Waals surface area contributed by atoms with Gasteiger partial charge in [-0.1, -0.05) is 12.5 Å². The molecule has 1 heterocycles. The second kappa shape index (κ2) is 6.93. The van der Waals surface area contributed by atoms with E-state index in [0.717, 1.165) is 37.8 Å². The van der Waals surface area contributed by atoms with Gasteiger partial charge in [0.25, 0.3) is 0 Å². The molecule has 0 spiro atoms. The van der Waals surface area contributed by atoms with Crippen molar-refractivity contribution < 1.29 is 18.3 Å². The Morgan fingerprint density at radius 2 is 2.09 bits per heavy atom. The van der Waals surface area contributed by atoms with Gasteiger partial charge < -0.3 is 15.4 Å². The molecule has 0 bridgehead atoms. The summed E-state index contributed by atoms with van der Waals surface area (Å²) < 4.78 is 32.1. The number of morpholine rings is 1. The molecule has 1 saturated carbocycles. The van der Waals surface area contributed by atoms with Crippen LogP contribution in [0.25, 0.3) is 0 Å². The SMILES string of the molecule is N[C@@H]1CCC[C@@H](C(=O)N2CCO[C@@H](c3ccc(F)c(F)c3)C2)C1. The number of ether oxygens (including phenoxy) is 1. The highest BCUT2D eigenvalue weighted by Gasteiger charge is 2.32. The molecule has 1 amide bonds. The van der Waals surface area contributed by atoms with Crippen molar-refractivity contribution in [1.29, 1.82) is 0 Å². The Labute approximate surface area is 134 Å². The largest absolute Gasteiger partial charge is 0.370 e. The Kier molecular flexibility index (Phi) is 4.92. The van der Waals surface area contributed by atoms with Crippen molar-refractivity contribution in [3.63, 3.8) is 0 Å². The summed E-state index contributed by atoms with van der Waals surface area (Å²) in [7, 11) is 0. The van der Waals surface area contributed by atoms with Crippen molar-refractivity contribution in [2.24, 2.45) is 11.7 Å². The number of benzene rings is 1. The number of nitrogens with zero attached hydrogens (tertiary/aromatic N) is 1. The summed E-state index contributed by atoms with van der Waals surface area (Å²) in [5.41, 5.74) is 6.53. The van der Waals surface area contributed by atoms with Crippen molar-refractivity contribution >= 4 is 5.91 Å². The quantitative estimate of drug-likeness (QED) is 0.909. The van der Waals surface area contributed by atoms with Gasteiger partial charge in [-0.15, -0.1) is 0 Å². The lowest BCUT2D eigenvalue weighted by molar-refractivity contribution is -0.144. The van der Waals surface area contributed by atoms with E-state index in [1.165, 1.54) is 6.07 Å². The van der Waals surface area contributed by atoms with Crippen LogP contribution in [0.15, 0.2) is 18.2 Å². The van der Waals surface area contributed by atoms with Crippen molar-refractivity contribution in [1.82, 2.24) is 4.90 Å². The average molecular weight is 324 g/mol. The van der Waals surface area contributed by atoms with E-state index in [-0.39, 0.29) is 17.9 Å². The minimum atomic E-state index is -0.896. The highest BCUT2D eigenvalue weighted by molar-refractivity contribution is 5.79. The molecule has 2 N–H and O–H groups in total. The number of nitrogens with two attached hydrogens (primary N) is 1. The van der Waals surface area contributed by atoms with Crippen LogP contribution in [0.2, 0.25) is 0 Å². The lowest BCUT2D eigenvalue weighted by Crippen LogP contribution is -2.46. The molecule has 3 rings (SSSR count). The number of carbonyl (C=O) groups excluding carboxylic acids is 1. The molecule has 4 nitrogen and oxygen atoms in total. The summed E-state index contributed by atoms with van der Waals surface area (Å²) in [4.78, 5) is 14.5. The number of halogens is 2. The van der Waals surface area contributed by atoms with Gasteiger partial charge in [0.15, 0.2) is 11.6 Å². The lowest BCUT2D eigenvalue weighted by atomic mass is 9.85. The summed E-state index contributed by atoms with van der Waals surface area (Å²) in [6.45, 7) is 1.30. The van der Waals surface area contributed by atoms with Gasteiger partial charge in [-0.05, 0) is 37.0 Å². The van der Waals surface area contributed by atoms with E-state index in [2.05, 4.69) is 0 Å². The molecule has 2 aliphatic rings. The van der Waals surface area contributed by atoms with Crippen LogP contribution in [0.4, 0.5) is 8.78 Å². The summed E-state index contributed by atoms with van der Waals surface area (Å²) in [5, 5.41) is 0. The molecule has 0 aromatic heterocycles. The topological polar surface area (TPSA) is 55.6 Å². The van der Waals surface area contributed by atoms with Crippen molar-refractivity contribution in [3.05, 3.63) is 35.4 Å². The van der Waals surface area contributed by atoms with Crippen LogP contribution in [-0.4, -0.2) is 36.5 Å². The molecule has 1 aromatic carbocycles. The standard InChI is InChI=1S/C17H22F2N2O2/c18-14-5-4-11(9-15(14)19)16-10-21(6-7-23-16)17(22)12-2-1-3-13(20)8-12/h4-5,9,12-13,16H,1-3,6-8,10,20H2/t12-,13-,16-/m1/s1. The summed E-state index contributed by atoms with van der Waals surface area (Å²) in [5.74, 6) is -1.69. The maximum atomic E-state index is 13.4.